The second kappa shape index (κ2) is 10.7. The Balaban J connectivity index is 1.33. The summed E-state index contributed by atoms with van der Waals surface area (Å²) in [5, 5.41) is 0. The highest BCUT2D eigenvalue weighted by Crippen LogP contribution is 2.43. The number of hydrogen-bond acceptors (Lipinski definition) is 4. The highest BCUT2D eigenvalue weighted by Gasteiger charge is 2.32. The molecule has 0 radical (unpaired) electrons. The summed E-state index contributed by atoms with van der Waals surface area (Å²) in [5.41, 5.74) is 10.3. The molecule has 1 aliphatic carbocycles. The summed E-state index contributed by atoms with van der Waals surface area (Å²) in [7, 11) is 0. The summed E-state index contributed by atoms with van der Waals surface area (Å²) >= 11 is 0. The van der Waals surface area contributed by atoms with Crippen molar-refractivity contribution in [1.82, 2.24) is 15.0 Å². The Labute approximate surface area is 250 Å². The number of rotatable bonds is 5. The summed E-state index contributed by atoms with van der Waals surface area (Å²) in [6, 6.07) is 39.8. The van der Waals surface area contributed by atoms with E-state index in [4.69, 9.17) is 14.7 Å². The van der Waals surface area contributed by atoms with Crippen molar-refractivity contribution in [1.29, 1.82) is 0 Å². The number of pyridine rings is 1. The number of allylic oxidation sites excluding steroid dienone is 2. The minimum absolute atomic E-state index is 0.0298. The topological polar surface area (TPSA) is 47.9 Å². The first-order valence-corrected chi connectivity index (χ1v) is 14.5. The van der Waals surface area contributed by atoms with Crippen LogP contribution in [0.2, 0.25) is 0 Å². The molecule has 4 nitrogen and oxygen atoms in total. The van der Waals surface area contributed by atoms with E-state index in [-0.39, 0.29) is 12.0 Å². The van der Waals surface area contributed by atoms with Crippen molar-refractivity contribution in [2.45, 2.75) is 12.0 Å². The van der Waals surface area contributed by atoms with Gasteiger partial charge in [-0.25, -0.2) is 9.97 Å². The van der Waals surface area contributed by atoms with Gasteiger partial charge in [-0.3, -0.25) is 4.98 Å². The van der Waals surface area contributed by atoms with Gasteiger partial charge in [0.05, 0.1) is 11.4 Å². The fourth-order valence-electron chi connectivity index (χ4n) is 6.09. The second-order valence-electron chi connectivity index (χ2n) is 10.8. The lowest BCUT2D eigenvalue weighted by atomic mass is 9.91. The zero-order chi connectivity index (χ0) is 28.6. The number of nitrogens with zero attached hydrogens (tertiary/aromatic N) is 3. The van der Waals surface area contributed by atoms with Gasteiger partial charge in [0, 0.05) is 46.1 Å². The molecule has 8 rings (SSSR count). The van der Waals surface area contributed by atoms with Crippen molar-refractivity contribution in [3.63, 3.8) is 0 Å². The van der Waals surface area contributed by atoms with Gasteiger partial charge in [-0.05, 0) is 41.0 Å². The van der Waals surface area contributed by atoms with Crippen LogP contribution in [-0.2, 0) is 0 Å². The first kappa shape index (κ1) is 25.1. The van der Waals surface area contributed by atoms with E-state index in [2.05, 4.69) is 132 Å². The molecule has 2 aliphatic rings. The molecule has 2 atom stereocenters. The van der Waals surface area contributed by atoms with Crippen LogP contribution >= 0.6 is 0 Å². The fraction of sp³-hybridized carbons (Fsp3) is 0.0513. The maximum atomic E-state index is 6.36. The van der Waals surface area contributed by atoms with Crippen molar-refractivity contribution >= 4 is 0 Å². The molecule has 4 heteroatoms. The van der Waals surface area contributed by atoms with E-state index in [1.54, 1.807) is 6.20 Å². The number of ether oxygens (including phenoxy) is 1. The molecule has 204 valence electrons. The summed E-state index contributed by atoms with van der Waals surface area (Å²) in [4.78, 5) is 14.8. The molecular formula is C39H27N3O. The van der Waals surface area contributed by atoms with Gasteiger partial charge in [0.2, 0.25) is 0 Å². The summed E-state index contributed by atoms with van der Waals surface area (Å²) in [5.74, 6) is 1.78. The van der Waals surface area contributed by atoms with E-state index in [9.17, 15) is 0 Å². The zero-order valence-electron chi connectivity index (χ0n) is 23.3. The Morgan fingerprint density at radius 3 is 1.91 bits per heavy atom. The quantitative estimate of drug-likeness (QED) is 0.214. The van der Waals surface area contributed by atoms with Crippen LogP contribution < -0.4 is 4.74 Å². The molecule has 43 heavy (non-hydrogen) atoms. The number of benzene rings is 4. The van der Waals surface area contributed by atoms with Crippen LogP contribution in [0.15, 0.2) is 152 Å². The van der Waals surface area contributed by atoms with Crippen molar-refractivity contribution in [3.05, 3.63) is 158 Å². The zero-order valence-corrected chi connectivity index (χ0v) is 23.3. The lowest BCUT2D eigenvalue weighted by molar-refractivity contribution is 0.269. The normalized spacial score (nSPS) is 16.4. The predicted octanol–water partition coefficient (Wildman–Crippen LogP) is 9.18. The predicted molar refractivity (Wildman–Crippen MR) is 172 cm³/mol. The summed E-state index contributed by atoms with van der Waals surface area (Å²) in [6.07, 6.45) is 12.2. The standard InChI is InChI=1S/C39H27N3O/c1-2-11-26(12-3-1)29-14-4-6-16-31(29)35-24-36(32-17-7-5-15-30(32)28-13-10-22-40-25-28)42-39(41-35)27-20-21-34-33-18-8-9-19-37(33)43-38(34)23-27/h1-25,33,37H. The Morgan fingerprint density at radius 2 is 1.19 bits per heavy atom. The van der Waals surface area contributed by atoms with E-state index in [1.807, 2.05) is 18.3 Å². The van der Waals surface area contributed by atoms with Crippen LogP contribution in [0, 0.1) is 0 Å². The molecule has 2 unspecified atom stereocenters. The molecular weight excluding hydrogens is 526 g/mol. The SMILES string of the molecule is C1=CC2Oc3cc(-c4nc(-c5ccccc5-c5ccccc5)cc(-c5ccccc5-c5cccnc5)n4)ccc3C2C=C1. The third kappa shape index (κ3) is 4.63. The van der Waals surface area contributed by atoms with Gasteiger partial charge in [-0.15, -0.1) is 0 Å². The highest BCUT2D eigenvalue weighted by atomic mass is 16.5. The van der Waals surface area contributed by atoms with Crippen molar-refractivity contribution in [2.75, 3.05) is 0 Å². The first-order chi connectivity index (χ1) is 21.3. The number of aromatic nitrogens is 3. The molecule has 0 spiro atoms. The third-order valence-electron chi connectivity index (χ3n) is 8.17. The molecule has 4 aromatic carbocycles. The molecule has 3 heterocycles. The van der Waals surface area contributed by atoms with E-state index >= 15 is 0 Å². The van der Waals surface area contributed by atoms with Gasteiger partial charge in [-0.2, -0.15) is 0 Å². The lowest BCUT2D eigenvalue weighted by Crippen LogP contribution is -2.15. The maximum Gasteiger partial charge on any atom is 0.160 e. The van der Waals surface area contributed by atoms with Crippen molar-refractivity contribution in [2.24, 2.45) is 0 Å². The van der Waals surface area contributed by atoms with Crippen LogP contribution in [0.3, 0.4) is 0 Å². The third-order valence-corrected chi connectivity index (χ3v) is 8.17. The Kier molecular flexibility index (Phi) is 6.23. The molecule has 2 aromatic heterocycles. The number of hydrogen-bond donors (Lipinski definition) is 0. The second-order valence-corrected chi connectivity index (χ2v) is 10.8. The molecule has 0 amide bonds. The van der Waals surface area contributed by atoms with E-state index in [0.29, 0.717) is 5.82 Å². The average molecular weight is 554 g/mol. The van der Waals surface area contributed by atoms with Crippen LogP contribution in [0.25, 0.3) is 56.2 Å². The molecule has 0 N–H and O–H groups in total. The van der Waals surface area contributed by atoms with E-state index < -0.39 is 0 Å². The minimum Gasteiger partial charge on any atom is -0.485 e. The monoisotopic (exact) mass is 553 g/mol. The molecule has 0 fully saturated rings. The van der Waals surface area contributed by atoms with Gasteiger partial charge < -0.3 is 4.74 Å². The Morgan fingerprint density at radius 1 is 0.535 bits per heavy atom. The first-order valence-electron chi connectivity index (χ1n) is 14.5. The lowest BCUT2D eigenvalue weighted by Gasteiger charge is -2.15. The molecule has 0 saturated heterocycles. The van der Waals surface area contributed by atoms with Crippen molar-refractivity contribution in [3.8, 4) is 61.9 Å². The van der Waals surface area contributed by atoms with Crippen LogP contribution in [0.4, 0.5) is 0 Å². The van der Waals surface area contributed by atoms with E-state index in [0.717, 1.165) is 56.1 Å². The molecule has 1 aliphatic heterocycles. The van der Waals surface area contributed by atoms with Gasteiger partial charge >= 0.3 is 0 Å². The van der Waals surface area contributed by atoms with Gasteiger partial charge in [0.15, 0.2) is 5.82 Å². The van der Waals surface area contributed by atoms with Crippen LogP contribution in [-0.4, -0.2) is 21.1 Å². The Bertz CT molecular complexity index is 1910. The van der Waals surface area contributed by atoms with Gasteiger partial charge in [0.25, 0.3) is 0 Å². The summed E-state index contributed by atoms with van der Waals surface area (Å²) < 4.78 is 6.36. The van der Waals surface area contributed by atoms with Crippen molar-refractivity contribution < 1.29 is 4.74 Å². The number of fused-ring (bicyclic) bond motifs is 3. The van der Waals surface area contributed by atoms with Gasteiger partial charge in [-0.1, -0.05) is 115 Å². The average Bonchev–Trinajstić information content (AvgIpc) is 3.47. The highest BCUT2D eigenvalue weighted by molar-refractivity contribution is 5.87. The van der Waals surface area contributed by atoms with Crippen LogP contribution in [0.1, 0.15) is 11.5 Å². The van der Waals surface area contributed by atoms with E-state index in [1.165, 1.54) is 5.56 Å². The largest absolute Gasteiger partial charge is 0.485 e. The minimum atomic E-state index is 0.0298. The Hall–Kier alpha value is -5.61. The fourth-order valence-corrected chi connectivity index (χ4v) is 6.09. The molecule has 0 saturated carbocycles. The maximum absolute atomic E-state index is 6.36. The molecule has 6 aromatic rings. The molecule has 0 bridgehead atoms. The van der Waals surface area contributed by atoms with Gasteiger partial charge in [0.1, 0.15) is 11.9 Å². The van der Waals surface area contributed by atoms with Crippen LogP contribution in [0.5, 0.6) is 5.75 Å². The smallest absolute Gasteiger partial charge is 0.160 e. The summed E-state index contributed by atoms with van der Waals surface area (Å²) in [6.45, 7) is 0.